The van der Waals surface area contributed by atoms with Crippen LogP contribution in [0.4, 0.5) is 5.69 Å². The lowest BCUT2D eigenvalue weighted by atomic mass is 10.2. The van der Waals surface area contributed by atoms with Gasteiger partial charge in [-0.05, 0) is 18.6 Å². The molecule has 0 spiro atoms. The molecule has 76 valence electrons. The predicted octanol–water partition coefficient (Wildman–Crippen LogP) is 2.51. The van der Waals surface area contributed by atoms with Gasteiger partial charge in [-0.3, -0.25) is 0 Å². The highest BCUT2D eigenvalue weighted by atomic mass is 35.5. The molecule has 0 saturated carbocycles. The number of aryl methyl sites for hydroxylation is 1. The molecule has 0 radical (unpaired) electrons. The quantitative estimate of drug-likeness (QED) is 0.797. The number of nitrogens with one attached hydrogen (secondary N) is 1. The van der Waals surface area contributed by atoms with E-state index in [1.165, 1.54) is 0 Å². The van der Waals surface area contributed by atoms with Gasteiger partial charge in [0, 0.05) is 0 Å². The summed E-state index contributed by atoms with van der Waals surface area (Å²) >= 11 is 11.7. The number of nitrogens with zero attached hydrogens (tertiary/aromatic N) is 1. The summed E-state index contributed by atoms with van der Waals surface area (Å²) in [6.07, 6.45) is 0. The summed E-state index contributed by atoms with van der Waals surface area (Å²) < 4.78 is 5.06. The molecule has 5 heteroatoms. The molecule has 2 rings (SSSR count). The summed E-state index contributed by atoms with van der Waals surface area (Å²) in [4.78, 5) is 3.97. The van der Waals surface area contributed by atoms with E-state index in [0.29, 0.717) is 16.3 Å². The van der Waals surface area contributed by atoms with Crippen LogP contribution in [0.5, 0.6) is 0 Å². The number of hydrogen-bond acceptors (Lipinski definition) is 3. The van der Waals surface area contributed by atoms with Crippen molar-refractivity contribution < 1.29 is 4.74 Å². The smallest absolute Gasteiger partial charge is 0.154 e. The molecule has 1 fully saturated rings. The largest absolute Gasteiger partial charge is 0.377 e. The van der Waals surface area contributed by atoms with E-state index >= 15 is 0 Å². The van der Waals surface area contributed by atoms with Crippen molar-refractivity contribution in [3.05, 3.63) is 21.9 Å². The van der Waals surface area contributed by atoms with E-state index in [9.17, 15) is 0 Å². The summed E-state index contributed by atoms with van der Waals surface area (Å²) in [5.74, 6) is 0. The van der Waals surface area contributed by atoms with Crippen molar-refractivity contribution in [2.24, 2.45) is 0 Å². The first-order chi connectivity index (χ1) is 6.66. The monoisotopic (exact) mass is 232 g/mol. The molecule has 1 aromatic rings. The minimum Gasteiger partial charge on any atom is -0.377 e. The van der Waals surface area contributed by atoms with E-state index in [1.54, 1.807) is 6.07 Å². The van der Waals surface area contributed by atoms with Crippen molar-refractivity contribution in [2.75, 3.05) is 18.5 Å². The van der Waals surface area contributed by atoms with E-state index in [-0.39, 0.29) is 0 Å². The van der Waals surface area contributed by atoms with E-state index in [2.05, 4.69) is 10.3 Å². The van der Waals surface area contributed by atoms with E-state index in [4.69, 9.17) is 27.9 Å². The molecule has 1 saturated heterocycles. The Bertz CT molecular complexity index is 330. The Morgan fingerprint density at radius 2 is 2.21 bits per heavy atom. The van der Waals surface area contributed by atoms with Crippen LogP contribution in [-0.4, -0.2) is 24.2 Å². The third-order valence-corrected chi connectivity index (χ3v) is 2.59. The maximum atomic E-state index is 5.96. The van der Waals surface area contributed by atoms with Gasteiger partial charge >= 0.3 is 0 Å². The second-order valence-corrected chi connectivity index (χ2v) is 4.05. The van der Waals surface area contributed by atoms with Gasteiger partial charge in [0.25, 0.3) is 0 Å². The number of aromatic nitrogens is 1. The van der Waals surface area contributed by atoms with Crippen molar-refractivity contribution >= 4 is 28.9 Å². The van der Waals surface area contributed by atoms with Crippen molar-refractivity contribution in [3.63, 3.8) is 0 Å². The molecule has 0 aromatic carbocycles. The van der Waals surface area contributed by atoms with E-state index < -0.39 is 0 Å². The molecule has 3 nitrogen and oxygen atoms in total. The second kappa shape index (κ2) is 3.93. The number of halogens is 2. The molecule has 1 aromatic heterocycles. The minimum atomic E-state index is 0.342. The zero-order valence-electron chi connectivity index (χ0n) is 7.68. The molecule has 0 bridgehead atoms. The van der Waals surface area contributed by atoms with Crippen LogP contribution >= 0.6 is 23.2 Å². The Hall–Kier alpha value is -0.510. The molecular weight excluding hydrogens is 223 g/mol. The normalized spacial score (nSPS) is 16.5. The maximum Gasteiger partial charge on any atom is 0.154 e. The maximum absolute atomic E-state index is 5.96. The topological polar surface area (TPSA) is 34.2 Å². The average molecular weight is 233 g/mol. The first kappa shape index (κ1) is 10.0. The zero-order chi connectivity index (χ0) is 10.1. The molecule has 1 aliphatic heterocycles. The lowest BCUT2D eigenvalue weighted by molar-refractivity contribution is 0.0211. The van der Waals surface area contributed by atoms with E-state index in [0.717, 1.165) is 24.5 Å². The highest BCUT2D eigenvalue weighted by molar-refractivity contribution is 6.34. The fourth-order valence-electron chi connectivity index (χ4n) is 1.29. The Labute approximate surface area is 92.4 Å². The number of anilines is 1. The Morgan fingerprint density at radius 3 is 2.71 bits per heavy atom. The summed E-state index contributed by atoms with van der Waals surface area (Å²) in [6.45, 7) is 3.39. The zero-order valence-corrected chi connectivity index (χ0v) is 9.19. The molecule has 1 aliphatic rings. The predicted molar refractivity (Wildman–Crippen MR) is 57.2 cm³/mol. The first-order valence-corrected chi connectivity index (χ1v) is 5.09. The molecule has 0 aliphatic carbocycles. The van der Waals surface area contributed by atoms with Gasteiger partial charge in [0.2, 0.25) is 0 Å². The molecular formula is C9H10Cl2N2O. The number of ether oxygens (including phenoxy) is 1. The van der Waals surface area contributed by atoms with Crippen molar-refractivity contribution in [1.29, 1.82) is 0 Å². The molecule has 1 N–H and O–H groups in total. The third-order valence-electron chi connectivity index (χ3n) is 2.13. The summed E-state index contributed by atoms with van der Waals surface area (Å²) in [5.41, 5.74) is 1.85. The lowest BCUT2D eigenvalue weighted by Crippen LogP contribution is -2.40. The second-order valence-electron chi connectivity index (χ2n) is 3.31. The fraction of sp³-hybridized carbons (Fsp3) is 0.444. The number of rotatable bonds is 2. The van der Waals surface area contributed by atoms with Crippen LogP contribution in [-0.2, 0) is 4.74 Å². The van der Waals surface area contributed by atoms with Crippen LogP contribution in [0.25, 0.3) is 0 Å². The third kappa shape index (κ3) is 1.95. The summed E-state index contributed by atoms with van der Waals surface area (Å²) in [5, 5.41) is 4.10. The van der Waals surface area contributed by atoms with Gasteiger partial charge in [0.1, 0.15) is 5.15 Å². The molecule has 0 atom stereocenters. The summed E-state index contributed by atoms with van der Waals surface area (Å²) in [6, 6.07) is 2.13. The van der Waals surface area contributed by atoms with Crippen LogP contribution in [0.2, 0.25) is 10.3 Å². The van der Waals surface area contributed by atoms with Crippen LogP contribution in [0.15, 0.2) is 6.07 Å². The highest BCUT2D eigenvalue weighted by Gasteiger charge is 2.20. The Kier molecular flexibility index (Phi) is 2.81. The van der Waals surface area contributed by atoms with Crippen LogP contribution < -0.4 is 5.32 Å². The molecule has 0 amide bonds. The summed E-state index contributed by atoms with van der Waals surface area (Å²) in [7, 11) is 0. The van der Waals surface area contributed by atoms with E-state index in [1.807, 2.05) is 6.92 Å². The Balaban J connectivity index is 2.22. The van der Waals surface area contributed by atoms with Gasteiger partial charge in [-0.25, -0.2) is 4.98 Å². The minimum absolute atomic E-state index is 0.342. The van der Waals surface area contributed by atoms with Gasteiger partial charge in [-0.15, -0.1) is 0 Å². The standard InChI is InChI=1S/C9H10Cl2N2O/c1-5-2-7(10)13-9(11)8(5)12-6-3-14-4-6/h2,6,12H,3-4H2,1H3. The fourth-order valence-corrected chi connectivity index (χ4v) is 1.88. The number of pyridine rings is 1. The van der Waals surface area contributed by atoms with Gasteiger partial charge < -0.3 is 10.1 Å². The molecule has 14 heavy (non-hydrogen) atoms. The SMILES string of the molecule is Cc1cc(Cl)nc(Cl)c1NC1COC1. The molecule has 0 unspecified atom stereocenters. The Morgan fingerprint density at radius 1 is 1.50 bits per heavy atom. The molecule has 2 heterocycles. The van der Waals surface area contributed by atoms with Crippen LogP contribution in [0, 0.1) is 6.92 Å². The first-order valence-electron chi connectivity index (χ1n) is 4.34. The van der Waals surface area contributed by atoms with Crippen molar-refractivity contribution in [2.45, 2.75) is 13.0 Å². The number of hydrogen-bond donors (Lipinski definition) is 1. The average Bonchev–Trinajstić information content (AvgIpc) is 1.98. The van der Waals surface area contributed by atoms with Gasteiger partial charge in [0.05, 0.1) is 24.9 Å². The van der Waals surface area contributed by atoms with Gasteiger partial charge in [0.15, 0.2) is 5.15 Å². The van der Waals surface area contributed by atoms with Gasteiger partial charge in [-0.2, -0.15) is 0 Å². The van der Waals surface area contributed by atoms with Gasteiger partial charge in [-0.1, -0.05) is 23.2 Å². The highest BCUT2D eigenvalue weighted by Crippen LogP contribution is 2.27. The van der Waals surface area contributed by atoms with Crippen molar-refractivity contribution in [1.82, 2.24) is 4.98 Å². The van der Waals surface area contributed by atoms with Crippen LogP contribution in [0.3, 0.4) is 0 Å². The van der Waals surface area contributed by atoms with Crippen LogP contribution in [0.1, 0.15) is 5.56 Å². The van der Waals surface area contributed by atoms with Crippen molar-refractivity contribution in [3.8, 4) is 0 Å². The lowest BCUT2D eigenvalue weighted by Gasteiger charge is -2.28.